The van der Waals surface area contributed by atoms with E-state index in [1.165, 1.54) is 6.42 Å². The van der Waals surface area contributed by atoms with E-state index in [4.69, 9.17) is 9.57 Å². The zero-order chi connectivity index (χ0) is 38.2. The Labute approximate surface area is 314 Å². The van der Waals surface area contributed by atoms with E-state index in [1.54, 1.807) is 19.1 Å². The number of hydroxylamine groups is 2. The predicted molar refractivity (Wildman–Crippen MR) is 207 cm³/mol. The van der Waals surface area contributed by atoms with Crippen LogP contribution in [-0.2, 0) is 22.6 Å². The number of amides is 2. The van der Waals surface area contributed by atoms with Gasteiger partial charge in [0.05, 0.1) is 26.4 Å². The summed E-state index contributed by atoms with van der Waals surface area (Å²) in [4.78, 5) is 36.1. The Morgan fingerprint density at radius 2 is 1.79 bits per heavy atom. The van der Waals surface area contributed by atoms with Crippen molar-refractivity contribution in [2.24, 2.45) is 29.1 Å². The lowest BCUT2D eigenvalue weighted by Gasteiger charge is -2.62. The zero-order valence-electron chi connectivity index (χ0n) is 32.5. The normalized spacial score (nSPS) is 27.3. The number of fused-ring (bicyclic) bond motifs is 2. The number of carbonyl (C=O) groups is 2. The van der Waals surface area contributed by atoms with E-state index in [9.17, 15) is 19.8 Å². The molecule has 0 unspecified atom stereocenters. The third-order valence-corrected chi connectivity index (χ3v) is 12.5. The fraction of sp³-hybridized carbons (Fsp3) is 0.535. The highest BCUT2D eigenvalue weighted by atomic mass is 16.7. The molecule has 0 spiro atoms. The summed E-state index contributed by atoms with van der Waals surface area (Å²) in [6, 6.07) is 20.8. The smallest absolute Gasteiger partial charge is 0.251 e. The van der Waals surface area contributed by atoms with Gasteiger partial charge in [-0.1, -0.05) is 69.3 Å². The molecule has 1 saturated heterocycles. The van der Waals surface area contributed by atoms with Crippen LogP contribution in [0.2, 0.25) is 0 Å². The molecule has 2 bridgehead atoms. The first-order valence-corrected chi connectivity index (χ1v) is 19.1. The van der Waals surface area contributed by atoms with Gasteiger partial charge in [-0.25, -0.2) is 0 Å². The van der Waals surface area contributed by atoms with E-state index in [0.29, 0.717) is 35.5 Å². The van der Waals surface area contributed by atoms with Crippen LogP contribution in [0.5, 0.6) is 5.75 Å². The highest BCUT2D eigenvalue weighted by Gasteiger charge is 2.57. The molecule has 3 aliphatic carbocycles. The van der Waals surface area contributed by atoms with E-state index < -0.39 is 24.2 Å². The molecule has 286 valence electrons. The molecule has 2 amide bonds. The van der Waals surface area contributed by atoms with Gasteiger partial charge < -0.3 is 30.5 Å². The number of benzene rings is 3. The van der Waals surface area contributed by atoms with Crippen LogP contribution >= 0.6 is 0 Å². The molecule has 0 aromatic heterocycles. The number of aliphatic hydroxyl groups is 2. The van der Waals surface area contributed by atoms with Gasteiger partial charge in [0.1, 0.15) is 17.9 Å². The molecule has 3 aromatic rings. The van der Waals surface area contributed by atoms with Crippen molar-refractivity contribution in [3.63, 3.8) is 0 Å². The molecule has 4 aliphatic rings. The monoisotopic (exact) mass is 726 g/mol. The fourth-order valence-corrected chi connectivity index (χ4v) is 9.31. The summed E-state index contributed by atoms with van der Waals surface area (Å²) in [6.07, 6.45) is 1.20. The van der Waals surface area contributed by atoms with Crippen molar-refractivity contribution in [1.29, 1.82) is 0 Å². The van der Waals surface area contributed by atoms with Crippen molar-refractivity contribution in [2.45, 2.75) is 90.8 Å². The Hall–Kier alpha value is -3.96. The number of ether oxygens (including phenoxy) is 1. The number of anilines is 1. The average molecular weight is 727 g/mol. The molecule has 7 rings (SSSR count). The summed E-state index contributed by atoms with van der Waals surface area (Å²) in [5.74, 6) is 1.05. The lowest BCUT2D eigenvalue weighted by molar-refractivity contribution is -0.183. The Morgan fingerprint density at radius 3 is 2.42 bits per heavy atom. The molecule has 10 heteroatoms. The largest absolute Gasteiger partial charge is 0.496 e. The molecule has 4 N–H and O–H groups in total. The van der Waals surface area contributed by atoms with E-state index >= 15 is 0 Å². The molecular formula is C43H58N4O6. The van der Waals surface area contributed by atoms with E-state index in [2.05, 4.69) is 43.5 Å². The van der Waals surface area contributed by atoms with Crippen molar-refractivity contribution in [3.05, 3.63) is 83.4 Å². The summed E-state index contributed by atoms with van der Waals surface area (Å²) in [7, 11) is 5.49. The maximum Gasteiger partial charge on any atom is 0.251 e. The maximum absolute atomic E-state index is 14.2. The van der Waals surface area contributed by atoms with Gasteiger partial charge >= 0.3 is 0 Å². The number of rotatable bonds is 13. The summed E-state index contributed by atoms with van der Waals surface area (Å²) < 4.78 is 6.07. The summed E-state index contributed by atoms with van der Waals surface area (Å²) in [6.45, 7) is 10.4. The molecule has 10 nitrogen and oxygen atoms in total. The number of methoxy groups -OCH3 is 1. The van der Waals surface area contributed by atoms with Crippen molar-refractivity contribution < 1.29 is 29.4 Å². The molecule has 1 heterocycles. The number of hydrogen-bond donors (Lipinski definition) is 4. The molecule has 3 saturated carbocycles. The molecule has 53 heavy (non-hydrogen) atoms. The van der Waals surface area contributed by atoms with Crippen LogP contribution in [0.25, 0.3) is 11.1 Å². The summed E-state index contributed by atoms with van der Waals surface area (Å²) >= 11 is 0. The minimum Gasteiger partial charge on any atom is -0.496 e. The van der Waals surface area contributed by atoms with Crippen LogP contribution in [0.4, 0.5) is 5.69 Å². The SMILES string of the molecule is COc1c(CN2O[C@@H](CO)[C@H]([C@H](C)O)[C@H]2C(=O)N[C@H]2C[C@H]3C[C@@H]([C@@H]2C)C3(C)C)cccc1-c1cc(C(=O)N[C@@H](C)Cc2ccccc2)cc(N(C)C)c1. The van der Waals surface area contributed by atoms with Gasteiger partial charge in [-0.15, -0.1) is 0 Å². The third-order valence-electron chi connectivity index (χ3n) is 12.5. The van der Waals surface area contributed by atoms with E-state index in [1.807, 2.05) is 80.5 Å². The Morgan fingerprint density at radius 1 is 1.06 bits per heavy atom. The standard InChI is InChI=1S/C43H58N4O6/c1-25(17-28-13-10-9-11-14-28)44-41(50)31-18-30(19-33(20-31)46(6)7)34-16-12-15-29(40(34)52-8)23-47-39(38(27(3)49)37(24-48)53-47)42(51)45-36-22-32-21-35(26(36)2)43(32,4)5/h9-16,18-20,25-27,32,35-39,48-49H,17,21-24H2,1-8H3,(H,44,50)(H,45,51)/t25-,26-,27-,32+,35-,36-,37-,38-,39-/m0/s1. The van der Waals surface area contributed by atoms with Crippen LogP contribution in [0.15, 0.2) is 66.7 Å². The summed E-state index contributed by atoms with van der Waals surface area (Å²) in [5.41, 5.74) is 5.17. The second-order valence-corrected chi connectivity index (χ2v) is 16.5. The van der Waals surface area contributed by atoms with Gasteiger partial charge in [0.15, 0.2) is 0 Å². The Kier molecular flexibility index (Phi) is 11.5. The number of para-hydroxylation sites is 1. The van der Waals surface area contributed by atoms with Gasteiger partial charge in [0.2, 0.25) is 5.91 Å². The van der Waals surface area contributed by atoms with Crippen molar-refractivity contribution in [3.8, 4) is 16.9 Å². The molecule has 0 radical (unpaired) electrons. The van der Waals surface area contributed by atoms with E-state index in [0.717, 1.165) is 34.4 Å². The molecule has 1 aliphatic heterocycles. The third kappa shape index (κ3) is 7.83. The second kappa shape index (κ2) is 15.8. The van der Waals surface area contributed by atoms with Gasteiger partial charge in [-0.3, -0.25) is 14.4 Å². The molecule has 3 aromatic carbocycles. The van der Waals surface area contributed by atoms with Crippen LogP contribution < -0.4 is 20.3 Å². The van der Waals surface area contributed by atoms with Crippen LogP contribution in [0.1, 0.15) is 68.9 Å². The first-order chi connectivity index (χ1) is 25.2. The van der Waals surface area contributed by atoms with Gasteiger partial charge in [-0.05, 0) is 85.6 Å². The second-order valence-electron chi connectivity index (χ2n) is 16.5. The quantitative estimate of drug-likeness (QED) is 0.184. The minimum atomic E-state index is -0.897. The van der Waals surface area contributed by atoms with Gasteiger partial charge in [-0.2, -0.15) is 5.06 Å². The number of carbonyl (C=O) groups excluding carboxylic acids is 2. The maximum atomic E-state index is 14.2. The first-order valence-electron chi connectivity index (χ1n) is 19.1. The first kappa shape index (κ1) is 38.8. The Balaban J connectivity index is 1.27. The number of hydrogen-bond acceptors (Lipinski definition) is 8. The minimum absolute atomic E-state index is 0.0403. The van der Waals surface area contributed by atoms with Gasteiger partial charge in [0, 0.05) is 54.5 Å². The molecule has 9 atom stereocenters. The zero-order valence-corrected chi connectivity index (χ0v) is 32.5. The molecular weight excluding hydrogens is 668 g/mol. The van der Waals surface area contributed by atoms with Crippen LogP contribution in [0.3, 0.4) is 0 Å². The van der Waals surface area contributed by atoms with Gasteiger partial charge in [0.25, 0.3) is 5.91 Å². The summed E-state index contributed by atoms with van der Waals surface area (Å²) in [5, 5.41) is 29.4. The lowest BCUT2D eigenvalue weighted by atomic mass is 9.45. The highest BCUT2D eigenvalue weighted by Crippen LogP contribution is 2.61. The Bertz CT molecular complexity index is 1760. The average Bonchev–Trinajstić information content (AvgIpc) is 3.50. The number of nitrogens with one attached hydrogen (secondary N) is 2. The lowest BCUT2D eigenvalue weighted by Crippen LogP contribution is -2.62. The van der Waals surface area contributed by atoms with Crippen LogP contribution in [-0.4, -0.2) is 85.2 Å². The van der Waals surface area contributed by atoms with Crippen molar-refractivity contribution >= 4 is 17.5 Å². The topological polar surface area (TPSA) is 124 Å². The highest BCUT2D eigenvalue weighted by molar-refractivity contribution is 5.97. The number of aliphatic hydroxyl groups excluding tert-OH is 2. The van der Waals surface area contributed by atoms with Crippen molar-refractivity contribution in [2.75, 3.05) is 32.7 Å². The van der Waals surface area contributed by atoms with Crippen LogP contribution in [0, 0.1) is 29.1 Å². The molecule has 4 fully saturated rings. The van der Waals surface area contributed by atoms with Crippen molar-refractivity contribution in [1.82, 2.24) is 15.7 Å². The van der Waals surface area contributed by atoms with E-state index in [-0.39, 0.29) is 42.5 Å². The number of nitrogens with zero attached hydrogens (tertiary/aromatic N) is 2. The fourth-order valence-electron chi connectivity index (χ4n) is 9.31. The predicted octanol–water partition coefficient (Wildman–Crippen LogP) is 5.45.